The van der Waals surface area contributed by atoms with Crippen molar-refractivity contribution >= 4 is 15.7 Å². The zero-order valence-electron chi connectivity index (χ0n) is 15.6. The second-order valence-corrected chi connectivity index (χ2v) is 8.80. The quantitative estimate of drug-likeness (QED) is 0.555. The Bertz CT molecular complexity index is 1190. The number of benzene rings is 3. The van der Waals surface area contributed by atoms with Crippen LogP contribution in [0.15, 0.2) is 76.6 Å². The molecular weight excluding hydrogens is 415 g/mol. The number of ether oxygens (including phenoxy) is 1. The Morgan fingerprint density at radius 3 is 2.17 bits per heavy atom. The van der Waals surface area contributed by atoms with Crippen LogP contribution in [0.1, 0.15) is 22.7 Å². The molecule has 1 unspecified atom stereocenters. The molecule has 0 saturated heterocycles. The molecule has 4 nitrogen and oxygen atoms in total. The third kappa shape index (κ3) is 4.09. The molecule has 3 aromatic carbocycles. The molecule has 30 heavy (non-hydrogen) atoms. The summed E-state index contributed by atoms with van der Waals surface area (Å²) in [6.45, 7) is 0.121. The van der Waals surface area contributed by atoms with Crippen molar-refractivity contribution in [1.29, 1.82) is 0 Å². The standard InChI is InChI=1S/C22H16F3NO3S/c23-16-8-10-17(11-9-16)30(27,28)13-14-4-6-15(7-5-14)20-12-29-22(26-20)21-18(24)2-1-3-19(21)25/h1-11,20H,12-13H2. The van der Waals surface area contributed by atoms with Crippen LogP contribution < -0.4 is 0 Å². The summed E-state index contributed by atoms with van der Waals surface area (Å²) in [5.41, 5.74) is 0.970. The fourth-order valence-corrected chi connectivity index (χ4v) is 4.51. The van der Waals surface area contributed by atoms with Gasteiger partial charge in [0.25, 0.3) is 0 Å². The highest BCUT2D eigenvalue weighted by Gasteiger charge is 2.26. The minimum Gasteiger partial charge on any atom is -0.475 e. The monoisotopic (exact) mass is 431 g/mol. The summed E-state index contributed by atoms with van der Waals surface area (Å²) < 4.78 is 71.2. The van der Waals surface area contributed by atoms with E-state index < -0.39 is 33.3 Å². The highest BCUT2D eigenvalue weighted by Crippen LogP contribution is 2.28. The molecule has 3 aromatic rings. The molecule has 8 heteroatoms. The molecule has 1 aliphatic rings. The van der Waals surface area contributed by atoms with Crippen molar-refractivity contribution in [2.75, 3.05) is 6.61 Å². The van der Waals surface area contributed by atoms with Crippen LogP contribution in [0.2, 0.25) is 0 Å². The number of halogens is 3. The van der Waals surface area contributed by atoms with Crippen molar-refractivity contribution in [3.05, 3.63) is 101 Å². The van der Waals surface area contributed by atoms with Crippen LogP contribution >= 0.6 is 0 Å². The van der Waals surface area contributed by atoms with Gasteiger partial charge in [0.15, 0.2) is 9.84 Å². The molecule has 4 rings (SSSR count). The topological polar surface area (TPSA) is 55.7 Å². The summed E-state index contributed by atoms with van der Waals surface area (Å²) in [4.78, 5) is 4.31. The molecule has 1 heterocycles. The van der Waals surface area contributed by atoms with E-state index >= 15 is 0 Å². The number of rotatable bonds is 5. The Labute approximate surface area is 171 Å². The van der Waals surface area contributed by atoms with Crippen molar-refractivity contribution in [3.63, 3.8) is 0 Å². The van der Waals surface area contributed by atoms with Crippen LogP contribution in [0.5, 0.6) is 0 Å². The molecule has 0 N–H and O–H groups in total. The van der Waals surface area contributed by atoms with Crippen molar-refractivity contribution < 1.29 is 26.3 Å². The van der Waals surface area contributed by atoms with E-state index in [0.717, 1.165) is 29.8 Å². The lowest BCUT2D eigenvalue weighted by molar-refractivity contribution is 0.317. The highest BCUT2D eigenvalue weighted by molar-refractivity contribution is 7.90. The molecule has 0 bridgehead atoms. The summed E-state index contributed by atoms with van der Waals surface area (Å²) >= 11 is 0. The second-order valence-electron chi connectivity index (χ2n) is 6.81. The van der Waals surface area contributed by atoms with Gasteiger partial charge in [-0.3, -0.25) is 0 Å². The van der Waals surface area contributed by atoms with Crippen LogP contribution in [0.3, 0.4) is 0 Å². The molecule has 0 saturated carbocycles. The zero-order chi connectivity index (χ0) is 21.3. The van der Waals surface area contributed by atoms with E-state index in [-0.39, 0.29) is 28.7 Å². The first-order chi connectivity index (χ1) is 14.3. The zero-order valence-corrected chi connectivity index (χ0v) is 16.4. The largest absolute Gasteiger partial charge is 0.475 e. The SMILES string of the molecule is O=S(=O)(Cc1ccc(C2COC(c3c(F)cccc3F)=N2)cc1)c1ccc(F)cc1. The molecule has 0 radical (unpaired) electrons. The average molecular weight is 431 g/mol. The molecule has 1 atom stereocenters. The molecular formula is C22H16F3NO3S. The van der Waals surface area contributed by atoms with E-state index in [1.807, 2.05) is 0 Å². The summed E-state index contributed by atoms with van der Waals surface area (Å²) in [6, 6.07) is 14.4. The van der Waals surface area contributed by atoms with Crippen LogP contribution in [0.4, 0.5) is 13.2 Å². The molecule has 1 aliphatic heterocycles. The molecule has 154 valence electrons. The van der Waals surface area contributed by atoms with Gasteiger partial charge in [-0.05, 0) is 47.5 Å². The molecule has 0 amide bonds. The van der Waals surface area contributed by atoms with Gasteiger partial charge in [0, 0.05) is 0 Å². The third-order valence-corrected chi connectivity index (χ3v) is 6.43. The molecule has 0 aliphatic carbocycles. The van der Waals surface area contributed by atoms with Gasteiger partial charge >= 0.3 is 0 Å². The number of sulfone groups is 1. The maximum absolute atomic E-state index is 13.9. The van der Waals surface area contributed by atoms with Crippen LogP contribution in [0, 0.1) is 17.5 Å². The van der Waals surface area contributed by atoms with Gasteiger partial charge in [0.05, 0.1) is 10.6 Å². The van der Waals surface area contributed by atoms with Crippen molar-refractivity contribution in [3.8, 4) is 0 Å². The van der Waals surface area contributed by atoms with Crippen LogP contribution in [0.25, 0.3) is 0 Å². The maximum Gasteiger partial charge on any atom is 0.222 e. The van der Waals surface area contributed by atoms with Gasteiger partial charge in [-0.15, -0.1) is 0 Å². The van der Waals surface area contributed by atoms with Gasteiger partial charge in [-0.25, -0.2) is 26.6 Å². The first kappa shape index (κ1) is 20.2. The van der Waals surface area contributed by atoms with Gasteiger partial charge in [-0.1, -0.05) is 30.3 Å². The van der Waals surface area contributed by atoms with Crippen molar-refractivity contribution in [2.24, 2.45) is 4.99 Å². The van der Waals surface area contributed by atoms with E-state index in [2.05, 4.69) is 4.99 Å². The third-order valence-electron chi connectivity index (χ3n) is 4.72. The van der Waals surface area contributed by atoms with E-state index in [1.165, 1.54) is 18.2 Å². The first-order valence-electron chi connectivity index (χ1n) is 9.05. The van der Waals surface area contributed by atoms with E-state index in [1.54, 1.807) is 24.3 Å². The fraction of sp³-hybridized carbons (Fsp3) is 0.136. The lowest BCUT2D eigenvalue weighted by Crippen LogP contribution is -2.07. The summed E-state index contributed by atoms with van der Waals surface area (Å²) in [6.07, 6.45) is 0. The number of hydrogen-bond donors (Lipinski definition) is 0. The smallest absolute Gasteiger partial charge is 0.222 e. The lowest BCUT2D eigenvalue weighted by atomic mass is 10.1. The Morgan fingerprint density at radius 2 is 1.53 bits per heavy atom. The molecule has 0 spiro atoms. The van der Waals surface area contributed by atoms with Gasteiger partial charge in [0.1, 0.15) is 35.7 Å². The number of aliphatic imine (C=N–C) groups is 1. The molecule has 0 aromatic heterocycles. The second kappa shape index (κ2) is 7.95. The Hall–Kier alpha value is -3.13. The Balaban J connectivity index is 1.52. The van der Waals surface area contributed by atoms with Crippen LogP contribution in [-0.2, 0) is 20.3 Å². The van der Waals surface area contributed by atoms with E-state index in [0.29, 0.717) is 5.56 Å². The average Bonchev–Trinajstić information content (AvgIpc) is 3.18. The van der Waals surface area contributed by atoms with E-state index in [9.17, 15) is 21.6 Å². The normalized spacial score (nSPS) is 16.2. The summed E-state index contributed by atoms with van der Waals surface area (Å²) in [5.74, 6) is -2.35. The van der Waals surface area contributed by atoms with Gasteiger partial charge in [0.2, 0.25) is 5.90 Å². The highest BCUT2D eigenvalue weighted by atomic mass is 32.2. The van der Waals surface area contributed by atoms with Gasteiger partial charge in [-0.2, -0.15) is 0 Å². The molecule has 0 fully saturated rings. The Morgan fingerprint density at radius 1 is 0.900 bits per heavy atom. The first-order valence-corrected chi connectivity index (χ1v) is 10.7. The fourth-order valence-electron chi connectivity index (χ4n) is 3.16. The summed E-state index contributed by atoms with van der Waals surface area (Å²) in [5, 5.41) is 0. The maximum atomic E-state index is 13.9. The number of nitrogens with zero attached hydrogens (tertiary/aromatic N) is 1. The van der Waals surface area contributed by atoms with Crippen LogP contribution in [-0.4, -0.2) is 20.9 Å². The number of hydrogen-bond acceptors (Lipinski definition) is 4. The van der Waals surface area contributed by atoms with Gasteiger partial charge < -0.3 is 4.74 Å². The van der Waals surface area contributed by atoms with E-state index in [4.69, 9.17) is 4.74 Å². The van der Waals surface area contributed by atoms with Crippen molar-refractivity contribution in [2.45, 2.75) is 16.7 Å². The van der Waals surface area contributed by atoms with Crippen molar-refractivity contribution in [1.82, 2.24) is 0 Å². The Kier molecular flexibility index (Phi) is 5.34. The predicted molar refractivity (Wildman–Crippen MR) is 105 cm³/mol. The minimum absolute atomic E-state index is 0.0401. The summed E-state index contributed by atoms with van der Waals surface area (Å²) in [7, 11) is -3.62. The lowest BCUT2D eigenvalue weighted by Gasteiger charge is -2.08. The predicted octanol–water partition coefficient (Wildman–Crippen LogP) is 4.60. The minimum atomic E-state index is -3.62.